The van der Waals surface area contributed by atoms with Gasteiger partial charge in [-0.25, -0.2) is 4.79 Å². The van der Waals surface area contributed by atoms with Gasteiger partial charge in [0.15, 0.2) is 0 Å². The summed E-state index contributed by atoms with van der Waals surface area (Å²) >= 11 is 0. The lowest BCUT2D eigenvalue weighted by atomic mass is 10.2. The highest BCUT2D eigenvalue weighted by atomic mass is 16.5. The number of carbonyl (C=O) groups is 2. The van der Waals surface area contributed by atoms with Crippen LogP contribution in [0.1, 0.15) is 36.7 Å². The topological polar surface area (TPSA) is 98.7 Å². The normalized spacial score (nSPS) is 17.1. The minimum absolute atomic E-state index is 0.108. The molecule has 0 bridgehead atoms. The summed E-state index contributed by atoms with van der Waals surface area (Å²) in [5.41, 5.74) is 0.757. The summed E-state index contributed by atoms with van der Waals surface area (Å²) in [6.07, 6.45) is 1.97. The summed E-state index contributed by atoms with van der Waals surface area (Å²) in [6.45, 7) is 4.25. The molecule has 1 aliphatic heterocycles. The van der Waals surface area contributed by atoms with Gasteiger partial charge in [-0.1, -0.05) is 0 Å². The largest absolute Gasteiger partial charge is 0.467 e. The third-order valence-electron chi connectivity index (χ3n) is 4.34. The number of nitrogens with zero attached hydrogens (tertiary/aromatic N) is 3. The molecule has 134 valence electrons. The molecule has 1 atom stereocenters. The number of rotatable bonds is 5. The lowest BCUT2D eigenvalue weighted by Crippen LogP contribution is -2.41. The van der Waals surface area contributed by atoms with Gasteiger partial charge in [-0.2, -0.15) is 0 Å². The molecule has 1 saturated heterocycles. The second-order valence-electron chi connectivity index (χ2n) is 6.10. The highest BCUT2D eigenvalue weighted by Gasteiger charge is 2.34. The highest BCUT2D eigenvalue weighted by Crippen LogP contribution is 2.26. The Labute approximate surface area is 145 Å². The summed E-state index contributed by atoms with van der Waals surface area (Å²) in [4.78, 5) is 25.7. The van der Waals surface area contributed by atoms with Crippen molar-refractivity contribution in [2.75, 3.05) is 13.7 Å². The molecule has 3 rings (SSSR count). The third-order valence-corrected chi connectivity index (χ3v) is 4.34. The number of furan rings is 1. The first-order valence-corrected chi connectivity index (χ1v) is 8.26. The lowest BCUT2D eigenvalue weighted by Gasteiger charge is -2.22. The van der Waals surface area contributed by atoms with Crippen molar-refractivity contribution in [2.24, 2.45) is 0 Å². The Bertz CT molecular complexity index is 779. The maximum atomic E-state index is 12.4. The number of likely N-dealkylation sites (tertiary alicyclic amines) is 1. The van der Waals surface area contributed by atoms with Crippen LogP contribution in [0.15, 0.2) is 14.9 Å². The molecule has 1 aliphatic rings. The van der Waals surface area contributed by atoms with Crippen LogP contribution < -0.4 is 0 Å². The zero-order chi connectivity index (χ0) is 18.0. The fourth-order valence-corrected chi connectivity index (χ4v) is 3.11. The van der Waals surface area contributed by atoms with E-state index >= 15 is 0 Å². The van der Waals surface area contributed by atoms with Crippen LogP contribution in [0.3, 0.4) is 0 Å². The zero-order valence-corrected chi connectivity index (χ0v) is 14.6. The van der Waals surface area contributed by atoms with Crippen LogP contribution in [0.2, 0.25) is 0 Å². The summed E-state index contributed by atoms with van der Waals surface area (Å²) in [7, 11) is 1.34. The Kier molecular flexibility index (Phi) is 4.87. The van der Waals surface area contributed by atoms with Crippen LogP contribution in [0.25, 0.3) is 11.5 Å². The van der Waals surface area contributed by atoms with Gasteiger partial charge in [0.05, 0.1) is 12.7 Å². The molecule has 0 aromatic carbocycles. The van der Waals surface area contributed by atoms with Crippen LogP contribution in [0.5, 0.6) is 0 Å². The lowest BCUT2D eigenvalue weighted by molar-refractivity contribution is -0.150. The van der Waals surface area contributed by atoms with E-state index in [0.717, 1.165) is 17.7 Å². The SMILES string of the molecule is COC(=O)[C@@H]1CCCN1C(=O)CCc1nnc(-c2cc(C)oc2C)o1. The number of hydrogen-bond acceptors (Lipinski definition) is 7. The standard InChI is InChI=1S/C17H21N3O5/c1-10-9-12(11(2)24-10)16-19-18-14(25-16)6-7-15(21)20-8-4-5-13(20)17(22)23-3/h9,13H,4-8H2,1-3H3/t13-/m0/s1. The molecule has 1 amide bonds. The number of aromatic nitrogens is 2. The molecule has 3 heterocycles. The number of ether oxygens (including phenoxy) is 1. The molecular weight excluding hydrogens is 326 g/mol. The Morgan fingerprint density at radius 2 is 2.12 bits per heavy atom. The van der Waals surface area contributed by atoms with Crippen molar-refractivity contribution in [2.45, 2.75) is 45.6 Å². The molecule has 2 aromatic heterocycles. The molecule has 0 N–H and O–H groups in total. The van der Waals surface area contributed by atoms with Gasteiger partial charge >= 0.3 is 5.97 Å². The first-order chi connectivity index (χ1) is 12.0. The first kappa shape index (κ1) is 17.2. The van der Waals surface area contributed by atoms with E-state index in [0.29, 0.717) is 36.9 Å². The second-order valence-corrected chi connectivity index (χ2v) is 6.10. The molecular formula is C17H21N3O5. The Hall–Kier alpha value is -2.64. The van der Waals surface area contributed by atoms with Crippen LogP contribution in [0.4, 0.5) is 0 Å². The Morgan fingerprint density at radius 1 is 1.32 bits per heavy atom. The predicted octanol–water partition coefficient (Wildman–Crippen LogP) is 2.04. The van der Waals surface area contributed by atoms with Crippen LogP contribution in [-0.4, -0.2) is 46.7 Å². The Morgan fingerprint density at radius 3 is 2.80 bits per heavy atom. The molecule has 0 spiro atoms. The number of esters is 1. The average Bonchev–Trinajstić information content (AvgIpc) is 3.31. The van der Waals surface area contributed by atoms with Gasteiger partial charge in [-0.15, -0.1) is 10.2 Å². The van der Waals surface area contributed by atoms with Gasteiger partial charge in [0.25, 0.3) is 5.89 Å². The third kappa shape index (κ3) is 3.57. The number of carbonyl (C=O) groups excluding carboxylic acids is 2. The van der Waals surface area contributed by atoms with Crippen molar-refractivity contribution in [1.29, 1.82) is 0 Å². The summed E-state index contributed by atoms with van der Waals surface area (Å²) in [5, 5.41) is 8.01. The number of hydrogen-bond donors (Lipinski definition) is 0. The molecule has 1 fully saturated rings. The summed E-state index contributed by atoms with van der Waals surface area (Å²) in [6, 6.07) is 1.36. The van der Waals surface area contributed by atoms with Gasteiger partial charge in [0, 0.05) is 19.4 Å². The fraction of sp³-hybridized carbons (Fsp3) is 0.529. The smallest absolute Gasteiger partial charge is 0.328 e. The minimum atomic E-state index is -0.479. The van der Waals surface area contributed by atoms with Crippen molar-refractivity contribution < 1.29 is 23.2 Å². The maximum absolute atomic E-state index is 12.4. The van der Waals surface area contributed by atoms with Crippen molar-refractivity contribution >= 4 is 11.9 Å². The maximum Gasteiger partial charge on any atom is 0.328 e. The van der Waals surface area contributed by atoms with Crippen molar-refractivity contribution in [3.05, 3.63) is 23.5 Å². The minimum Gasteiger partial charge on any atom is -0.467 e. The molecule has 2 aromatic rings. The van der Waals surface area contributed by atoms with Crippen LogP contribution in [0, 0.1) is 13.8 Å². The number of amides is 1. The zero-order valence-electron chi connectivity index (χ0n) is 14.6. The molecule has 8 heteroatoms. The van der Waals surface area contributed by atoms with Crippen molar-refractivity contribution in [3.8, 4) is 11.5 Å². The van der Waals surface area contributed by atoms with E-state index in [4.69, 9.17) is 13.6 Å². The molecule has 8 nitrogen and oxygen atoms in total. The summed E-state index contributed by atoms with van der Waals surface area (Å²) in [5.74, 6) is 1.77. The average molecular weight is 347 g/mol. The highest BCUT2D eigenvalue weighted by molar-refractivity contribution is 5.85. The molecule has 25 heavy (non-hydrogen) atoms. The first-order valence-electron chi connectivity index (χ1n) is 8.26. The number of methoxy groups -OCH3 is 1. The van der Waals surface area contributed by atoms with Gasteiger partial charge in [-0.3, -0.25) is 4.79 Å². The van der Waals surface area contributed by atoms with E-state index in [2.05, 4.69) is 10.2 Å². The van der Waals surface area contributed by atoms with E-state index in [-0.39, 0.29) is 18.3 Å². The Balaban J connectivity index is 1.61. The molecule has 0 saturated carbocycles. The predicted molar refractivity (Wildman–Crippen MR) is 86.5 cm³/mol. The van der Waals surface area contributed by atoms with Crippen LogP contribution in [-0.2, 0) is 20.7 Å². The van der Waals surface area contributed by atoms with E-state index in [9.17, 15) is 9.59 Å². The van der Waals surface area contributed by atoms with Gasteiger partial charge in [0.1, 0.15) is 17.6 Å². The monoisotopic (exact) mass is 347 g/mol. The van der Waals surface area contributed by atoms with Crippen molar-refractivity contribution in [3.63, 3.8) is 0 Å². The van der Waals surface area contributed by atoms with Gasteiger partial charge in [-0.05, 0) is 32.8 Å². The summed E-state index contributed by atoms with van der Waals surface area (Å²) < 4.78 is 15.8. The number of aryl methyl sites for hydroxylation is 3. The van der Waals surface area contributed by atoms with Gasteiger partial charge < -0.3 is 18.5 Å². The second kappa shape index (κ2) is 7.08. The molecule has 0 radical (unpaired) electrons. The van der Waals surface area contributed by atoms with Gasteiger partial charge in [0.2, 0.25) is 11.8 Å². The van der Waals surface area contributed by atoms with E-state index < -0.39 is 6.04 Å². The quantitative estimate of drug-likeness (QED) is 0.763. The van der Waals surface area contributed by atoms with E-state index in [1.807, 2.05) is 19.9 Å². The molecule has 0 aliphatic carbocycles. The fourth-order valence-electron chi connectivity index (χ4n) is 3.11. The van der Waals surface area contributed by atoms with E-state index in [1.54, 1.807) is 4.90 Å². The van der Waals surface area contributed by atoms with Crippen LogP contribution >= 0.6 is 0 Å². The molecule has 0 unspecified atom stereocenters. The van der Waals surface area contributed by atoms with E-state index in [1.165, 1.54) is 7.11 Å². The van der Waals surface area contributed by atoms with Crippen molar-refractivity contribution in [1.82, 2.24) is 15.1 Å².